The number of ketones is 1. The van der Waals surface area contributed by atoms with Gasteiger partial charge < -0.3 is 0 Å². The van der Waals surface area contributed by atoms with Crippen molar-refractivity contribution < 1.29 is 4.79 Å². The van der Waals surface area contributed by atoms with Crippen LogP contribution in [0.2, 0.25) is 0 Å². The first kappa shape index (κ1) is 7.84. The van der Waals surface area contributed by atoms with Gasteiger partial charge >= 0.3 is 0 Å². The van der Waals surface area contributed by atoms with E-state index in [2.05, 4.69) is 20.6 Å². The Morgan fingerprint density at radius 1 is 1.64 bits per heavy atom. The van der Waals surface area contributed by atoms with Gasteiger partial charge in [-0.05, 0) is 11.1 Å². The maximum atomic E-state index is 11.1. The number of H-pyrrole nitrogens is 1. The third-order valence-electron chi connectivity index (χ3n) is 1.19. The van der Waals surface area contributed by atoms with E-state index in [0.717, 1.165) is 0 Å². The smallest absolute Gasteiger partial charge is 0.240 e. The Kier molecular flexibility index (Phi) is 2.30. The molecule has 0 aliphatic carbocycles. The molecule has 5 heteroatoms. The zero-order valence-corrected chi connectivity index (χ0v) is 6.53. The molecule has 0 atom stereocenters. The van der Waals surface area contributed by atoms with E-state index in [1.54, 1.807) is 0 Å². The van der Waals surface area contributed by atoms with Gasteiger partial charge in [0.25, 0.3) is 0 Å². The molecular formula is C6H10N4O. The lowest BCUT2D eigenvalue weighted by Gasteiger charge is -1.97. The van der Waals surface area contributed by atoms with Crippen LogP contribution in [0.4, 0.5) is 0 Å². The highest BCUT2D eigenvalue weighted by atomic mass is 16.1. The lowest BCUT2D eigenvalue weighted by atomic mass is 10.1. The summed E-state index contributed by atoms with van der Waals surface area (Å²) in [6.07, 6.45) is 0.472. The van der Waals surface area contributed by atoms with Crippen LogP contribution >= 0.6 is 0 Å². The van der Waals surface area contributed by atoms with Crippen LogP contribution in [0.15, 0.2) is 0 Å². The zero-order chi connectivity index (χ0) is 8.27. The Bertz CT molecular complexity index is 229. The van der Waals surface area contributed by atoms with Gasteiger partial charge in [-0.2, -0.15) is 5.21 Å². The predicted octanol–water partition coefficient (Wildman–Crippen LogP) is 0.428. The molecule has 0 radical (unpaired) electrons. The molecule has 0 aliphatic heterocycles. The molecule has 1 aromatic rings. The molecule has 0 fully saturated rings. The van der Waals surface area contributed by atoms with Crippen molar-refractivity contribution in [1.29, 1.82) is 0 Å². The first-order valence-electron chi connectivity index (χ1n) is 3.47. The van der Waals surface area contributed by atoms with Crippen LogP contribution in [0.3, 0.4) is 0 Å². The Hall–Kier alpha value is -1.26. The van der Waals surface area contributed by atoms with Crippen molar-refractivity contribution in [3.63, 3.8) is 0 Å². The standard InChI is InChI=1S/C6H10N4O/c1-4(2)3-5(11)6-7-9-10-8-6/h4H,3H2,1-2H3,(H,7,8,9,10). The number of nitrogens with one attached hydrogen (secondary N) is 1. The lowest BCUT2D eigenvalue weighted by Crippen LogP contribution is -2.05. The molecule has 60 valence electrons. The van der Waals surface area contributed by atoms with Crippen molar-refractivity contribution in [2.45, 2.75) is 20.3 Å². The largest absolute Gasteiger partial charge is 0.290 e. The fourth-order valence-corrected chi connectivity index (χ4v) is 0.742. The number of aromatic amines is 1. The molecule has 0 saturated carbocycles. The Morgan fingerprint density at radius 2 is 2.36 bits per heavy atom. The van der Waals surface area contributed by atoms with Gasteiger partial charge in [-0.3, -0.25) is 4.79 Å². The Morgan fingerprint density at radius 3 is 2.82 bits per heavy atom. The number of aromatic nitrogens is 4. The summed E-state index contributed by atoms with van der Waals surface area (Å²) in [5.74, 6) is 0.452. The van der Waals surface area contributed by atoms with Crippen molar-refractivity contribution in [2.75, 3.05) is 0 Å². The molecule has 0 bridgehead atoms. The van der Waals surface area contributed by atoms with Gasteiger partial charge in [0.2, 0.25) is 11.6 Å². The van der Waals surface area contributed by atoms with Crippen LogP contribution in [0, 0.1) is 5.92 Å². The molecule has 0 saturated heterocycles. The summed E-state index contributed by atoms with van der Waals surface area (Å²) in [6, 6.07) is 0. The molecule has 0 aliphatic rings. The summed E-state index contributed by atoms with van der Waals surface area (Å²) in [5.41, 5.74) is 0. The van der Waals surface area contributed by atoms with Crippen LogP contribution < -0.4 is 0 Å². The summed E-state index contributed by atoms with van der Waals surface area (Å²) < 4.78 is 0. The number of carbonyl (C=O) groups is 1. The minimum Gasteiger partial charge on any atom is -0.290 e. The molecule has 5 nitrogen and oxygen atoms in total. The molecule has 0 amide bonds. The van der Waals surface area contributed by atoms with Crippen molar-refractivity contribution in [2.24, 2.45) is 5.92 Å². The van der Waals surface area contributed by atoms with Gasteiger partial charge in [-0.25, -0.2) is 0 Å². The average Bonchev–Trinajstić information content (AvgIpc) is 2.35. The van der Waals surface area contributed by atoms with Crippen molar-refractivity contribution in [3.8, 4) is 0 Å². The first-order chi connectivity index (χ1) is 5.20. The van der Waals surface area contributed by atoms with E-state index in [4.69, 9.17) is 0 Å². The van der Waals surface area contributed by atoms with Crippen LogP contribution in [0.5, 0.6) is 0 Å². The van der Waals surface area contributed by atoms with E-state index >= 15 is 0 Å². The maximum Gasteiger partial charge on any atom is 0.240 e. The minimum absolute atomic E-state index is 0.0613. The molecular weight excluding hydrogens is 144 g/mol. The second-order valence-corrected chi connectivity index (χ2v) is 2.76. The fraction of sp³-hybridized carbons (Fsp3) is 0.667. The molecule has 0 unspecified atom stereocenters. The summed E-state index contributed by atoms with van der Waals surface area (Å²) in [7, 11) is 0. The number of Topliss-reactive ketones (excluding diaryl/α,β-unsaturated/α-hetero) is 1. The van der Waals surface area contributed by atoms with Crippen molar-refractivity contribution in [3.05, 3.63) is 5.82 Å². The number of hydrogen-bond donors (Lipinski definition) is 1. The third kappa shape index (κ3) is 2.10. The molecule has 11 heavy (non-hydrogen) atoms. The van der Waals surface area contributed by atoms with Crippen LogP contribution in [0.25, 0.3) is 0 Å². The SMILES string of the molecule is CC(C)CC(=O)c1nn[nH]n1. The highest BCUT2D eigenvalue weighted by Gasteiger charge is 2.11. The average molecular weight is 154 g/mol. The third-order valence-corrected chi connectivity index (χ3v) is 1.19. The molecule has 1 heterocycles. The molecule has 0 aromatic carbocycles. The highest BCUT2D eigenvalue weighted by molar-refractivity contribution is 5.92. The Labute approximate surface area is 64.2 Å². The number of rotatable bonds is 3. The van der Waals surface area contributed by atoms with E-state index in [1.165, 1.54) is 0 Å². The number of tetrazole rings is 1. The predicted molar refractivity (Wildman–Crippen MR) is 38.0 cm³/mol. The van der Waals surface area contributed by atoms with E-state index in [1.807, 2.05) is 13.8 Å². The second-order valence-electron chi connectivity index (χ2n) is 2.76. The minimum atomic E-state index is -0.0613. The molecule has 1 rings (SSSR count). The summed E-state index contributed by atoms with van der Waals surface area (Å²) >= 11 is 0. The summed E-state index contributed by atoms with van der Waals surface area (Å²) in [5, 5.41) is 12.7. The maximum absolute atomic E-state index is 11.1. The first-order valence-corrected chi connectivity index (χ1v) is 3.47. The number of hydrogen-bond acceptors (Lipinski definition) is 4. The van der Waals surface area contributed by atoms with Crippen LogP contribution in [-0.2, 0) is 0 Å². The van der Waals surface area contributed by atoms with Gasteiger partial charge in [-0.1, -0.05) is 13.8 Å². The van der Waals surface area contributed by atoms with Crippen LogP contribution in [0.1, 0.15) is 30.9 Å². The topological polar surface area (TPSA) is 71.5 Å². The van der Waals surface area contributed by atoms with Gasteiger partial charge in [0.1, 0.15) is 0 Å². The van der Waals surface area contributed by atoms with E-state index < -0.39 is 0 Å². The Balaban J connectivity index is 2.57. The highest BCUT2D eigenvalue weighted by Crippen LogP contribution is 2.03. The lowest BCUT2D eigenvalue weighted by molar-refractivity contribution is 0.0958. The van der Waals surface area contributed by atoms with Gasteiger partial charge in [0.05, 0.1) is 0 Å². The van der Waals surface area contributed by atoms with E-state index in [0.29, 0.717) is 12.3 Å². The quantitative estimate of drug-likeness (QED) is 0.641. The normalized spacial score (nSPS) is 10.5. The monoisotopic (exact) mass is 154 g/mol. The number of carbonyl (C=O) groups excluding carboxylic acids is 1. The van der Waals surface area contributed by atoms with Gasteiger partial charge in [0.15, 0.2) is 0 Å². The van der Waals surface area contributed by atoms with Crippen molar-refractivity contribution in [1.82, 2.24) is 20.6 Å². The molecule has 0 spiro atoms. The number of nitrogens with zero attached hydrogens (tertiary/aromatic N) is 3. The zero-order valence-electron chi connectivity index (χ0n) is 6.53. The molecule has 1 aromatic heterocycles. The van der Waals surface area contributed by atoms with Gasteiger partial charge in [0, 0.05) is 6.42 Å². The molecule has 1 N–H and O–H groups in total. The summed E-state index contributed by atoms with van der Waals surface area (Å²) in [4.78, 5) is 11.1. The summed E-state index contributed by atoms with van der Waals surface area (Å²) in [6.45, 7) is 3.94. The fourth-order valence-electron chi connectivity index (χ4n) is 0.742. The van der Waals surface area contributed by atoms with Gasteiger partial charge in [-0.15, -0.1) is 10.2 Å². The van der Waals surface area contributed by atoms with Crippen LogP contribution in [-0.4, -0.2) is 26.4 Å². The van der Waals surface area contributed by atoms with E-state index in [-0.39, 0.29) is 11.6 Å². The van der Waals surface area contributed by atoms with E-state index in [9.17, 15) is 4.79 Å². The second kappa shape index (κ2) is 3.23. The van der Waals surface area contributed by atoms with Crippen molar-refractivity contribution >= 4 is 5.78 Å².